The molecular weight excluding hydrogens is 608 g/mol. The Morgan fingerprint density at radius 3 is 2.64 bits per heavy atom. The van der Waals surface area contributed by atoms with Gasteiger partial charge in [0.15, 0.2) is 0 Å². The second-order valence-corrected chi connectivity index (χ2v) is 12.7. The quantitative estimate of drug-likeness (QED) is 0.193. The molecule has 14 heteroatoms. The molecule has 0 aliphatic carbocycles. The maximum atomic E-state index is 14.8. The van der Waals surface area contributed by atoms with Crippen LogP contribution in [0.25, 0.3) is 10.8 Å². The van der Waals surface area contributed by atoms with Crippen molar-refractivity contribution in [3.05, 3.63) is 111 Å². The molecule has 0 amide bonds. The van der Waals surface area contributed by atoms with Gasteiger partial charge >= 0.3 is 19.4 Å². The van der Waals surface area contributed by atoms with Crippen molar-refractivity contribution < 1.29 is 37.4 Å². The number of carbonyl (C=O) groups is 1. The van der Waals surface area contributed by atoms with Crippen LogP contribution >= 0.6 is 7.75 Å². The molecule has 12 nitrogen and oxygen atoms in total. The van der Waals surface area contributed by atoms with Crippen molar-refractivity contribution >= 4 is 24.5 Å². The summed E-state index contributed by atoms with van der Waals surface area (Å²) in [7, 11) is -4.33. The van der Waals surface area contributed by atoms with Gasteiger partial charge in [0.25, 0.3) is 5.56 Å². The number of aliphatic hydroxyl groups is 1. The zero-order valence-electron chi connectivity index (χ0n) is 24.0. The number of aromatic amines is 1. The van der Waals surface area contributed by atoms with Gasteiger partial charge in [-0.15, -0.1) is 0 Å². The van der Waals surface area contributed by atoms with Gasteiger partial charge in [-0.1, -0.05) is 66.7 Å². The third-order valence-electron chi connectivity index (χ3n) is 7.84. The number of benzene rings is 3. The van der Waals surface area contributed by atoms with Gasteiger partial charge in [0, 0.05) is 18.4 Å². The third-order valence-corrected chi connectivity index (χ3v) is 9.85. The molecule has 2 aliphatic rings. The van der Waals surface area contributed by atoms with Crippen LogP contribution in [0.5, 0.6) is 5.75 Å². The molecule has 1 unspecified atom stereocenters. The molecule has 236 valence electrons. The Balaban J connectivity index is 1.25. The fourth-order valence-corrected chi connectivity index (χ4v) is 7.53. The van der Waals surface area contributed by atoms with Crippen molar-refractivity contribution in [2.75, 3.05) is 13.2 Å². The van der Waals surface area contributed by atoms with Crippen LogP contribution in [0.1, 0.15) is 31.1 Å². The van der Waals surface area contributed by atoms with E-state index in [1.54, 1.807) is 18.2 Å². The van der Waals surface area contributed by atoms with Crippen LogP contribution in [0.4, 0.5) is 4.39 Å². The fraction of sp³-hybridized carbons (Fsp3) is 0.323. The minimum atomic E-state index is -4.33. The maximum absolute atomic E-state index is 14.8. The van der Waals surface area contributed by atoms with Gasteiger partial charge in [0.1, 0.15) is 30.7 Å². The van der Waals surface area contributed by atoms with Gasteiger partial charge in [-0.05, 0) is 29.9 Å². The maximum Gasteiger partial charge on any atom is 0.462 e. The predicted octanol–water partition coefficient (Wildman–Crippen LogP) is 3.89. The predicted molar refractivity (Wildman–Crippen MR) is 160 cm³/mol. The summed E-state index contributed by atoms with van der Waals surface area (Å²) in [6.45, 7) is -0.216. The molecule has 0 radical (unpaired) electrons. The number of aliphatic hydroxyl groups excluding tert-OH is 1. The number of fused-ring (bicyclic) bond motifs is 1. The number of nitrogens with zero attached hydrogens (tertiary/aromatic N) is 2. The molecule has 0 saturated carbocycles. The monoisotopic (exact) mass is 639 g/mol. The number of ether oxygens (including phenoxy) is 2. The number of aromatic nitrogens is 2. The van der Waals surface area contributed by atoms with Crippen LogP contribution in [0, 0.1) is 5.82 Å². The van der Waals surface area contributed by atoms with E-state index < -0.39 is 61.9 Å². The summed E-state index contributed by atoms with van der Waals surface area (Å²) >= 11 is 0. The summed E-state index contributed by atoms with van der Waals surface area (Å²) in [5.41, 5.74) is -1.30. The molecule has 2 fully saturated rings. The lowest BCUT2D eigenvalue weighted by atomic mass is 10.1. The Bertz CT molecular complexity index is 1840. The first-order valence-electron chi connectivity index (χ1n) is 14.5. The zero-order valence-corrected chi connectivity index (χ0v) is 24.9. The van der Waals surface area contributed by atoms with Crippen molar-refractivity contribution in [3.63, 3.8) is 0 Å². The van der Waals surface area contributed by atoms with E-state index in [0.29, 0.717) is 24.4 Å². The van der Waals surface area contributed by atoms with Crippen molar-refractivity contribution in [2.45, 2.75) is 50.3 Å². The Labute approximate surface area is 256 Å². The summed E-state index contributed by atoms with van der Waals surface area (Å²) < 4.78 is 54.4. The number of esters is 1. The number of nitrogens with one attached hydrogen (secondary N) is 1. The summed E-state index contributed by atoms with van der Waals surface area (Å²) in [5.74, 6) is -1.52. The molecule has 0 bridgehead atoms. The Kier molecular flexibility index (Phi) is 8.97. The first-order chi connectivity index (χ1) is 21.7. The SMILES string of the molecule is O=C(OCc1ccccc1)[C@@H]1CCCN1P(=O)(OC[C@H]1O[C@@H](n2cc(F)c(=O)[nH]c2=O)C[C@@H]1O)Oc1cccc2ccccc12. The highest BCUT2D eigenvalue weighted by Crippen LogP contribution is 2.56. The largest absolute Gasteiger partial charge is 0.462 e. The average molecular weight is 640 g/mol. The molecule has 4 aromatic rings. The topological polar surface area (TPSA) is 149 Å². The molecule has 45 heavy (non-hydrogen) atoms. The number of hydrogen-bond donors (Lipinski definition) is 2. The zero-order chi connectivity index (χ0) is 31.6. The van der Waals surface area contributed by atoms with E-state index in [9.17, 15) is 28.4 Å². The van der Waals surface area contributed by atoms with Gasteiger partial charge in [-0.2, -0.15) is 9.06 Å². The van der Waals surface area contributed by atoms with E-state index in [-0.39, 0.29) is 25.3 Å². The van der Waals surface area contributed by atoms with E-state index in [4.69, 9.17) is 18.5 Å². The lowest BCUT2D eigenvalue weighted by Gasteiger charge is -2.31. The smallest absolute Gasteiger partial charge is 0.460 e. The standard InChI is InChI=1S/C31H31FN3O9P/c32-23-17-34(31(39)33-29(23)37)28-16-25(36)27(43-28)19-42-45(40,44-26-14-6-11-21-10-4-5-12-22(21)26)35-15-7-13-24(35)30(38)41-18-20-8-2-1-3-9-20/h1-6,8-12,14,17,24-25,27-28,36H,7,13,15-16,18-19H2,(H,33,37,39)/t24-,25-,27+,28+,45?/m0/s1. The fourth-order valence-electron chi connectivity index (χ4n) is 5.54. The van der Waals surface area contributed by atoms with E-state index >= 15 is 0 Å². The first-order valence-corrected chi connectivity index (χ1v) is 16.0. The van der Waals surface area contributed by atoms with Crippen LogP contribution in [0.2, 0.25) is 0 Å². The second kappa shape index (κ2) is 13.1. The highest BCUT2D eigenvalue weighted by molar-refractivity contribution is 7.51. The summed E-state index contributed by atoms with van der Waals surface area (Å²) in [4.78, 5) is 38.9. The van der Waals surface area contributed by atoms with E-state index in [2.05, 4.69) is 0 Å². The summed E-state index contributed by atoms with van der Waals surface area (Å²) in [5, 5.41) is 12.2. The molecule has 2 N–H and O–H groups in total. The Hall–Kier alpha value is -4.13. The van der Waals surface area contributed by atoms with Gasteiger partial charge in [0.05, 0.1) is 18.9 Å². The van der Waals surface area contributed by atoms with Crippen LogP contribution in [-0.4, -0.2) is 56.7 Å². The molecule has 3 aromatic carbocycles. The molecule has 2 saturated heterocycles. The number of hydrogen-bond acceptors (Lipinski definition) is 9. The lowest BCUT2D eigenvalue weighted by molar-refractivity contribution is -0.149. The molecule has 6 rings (SSSR count). The molecule has 2 aliphatic heterocycles. The lowest BCUT2D eigenvalue weighted by Crippen LogP contribution is -2.38. The number of rotatable bonds is 10. The van der Waals surface area contributed by atoms with E-state index in [1.807, 2.05) is 59.6 Å². The Morgan fingerprint density at radius 1 is 1.07 bits per heavy atom. The normalized spacial score (nSPS) is 23.2. The molecule has 5 atom stereocenters. The molecular formula is C31H31FN3O9P. The molecule has 0 spiro atoms. The second-order valence-electron chi connectivity index (χ2n) is 10.8. The Morgan fingerprint density at radius 2 is 1.82 bits per heavy atom. The van der Waals surface area contributed by atoms with Crippen molar-refractivity contribution in [1.29, 1.82) is 0 Å². The number of halogens is 1. The molecule has 3 heterocycles. The molecule has 1 aromatic heterocycles. The minimum Gasteiger partial charge on any atom is -0.460 e. The van der Waals surface area contributed by atoms with Crippen LogP contribution in [0.3, 0.4) is 0 Å². The van der Waals surface area contributed by atoms with Gasteiger partial charge in [-0.25, -0.2) is 9.36 Å². The summed E-state index contributed by atoms with van der Waals surface area (Å²) in [6, 6.07) is 20.8. The number of H-pyrrole nitrogens is 1. The van der Waals surface area contributed by atoms with Crippen molar-refractivity contribution in [1.82, 2.24) is 14.2 Å². The van der Waals surface area contributed by atoms with E-state index in [0.717, 1.165) is 15.5 Å². The third kappa shape index (κ3) is 6.63. The van der Waals surface area contributed by atoms with Crippen LogP contribution in [-0.2, 0) is 30.0 Å². The van der Waals surface area contributed by atoms with E-state index in [1.165, 1.54) is 4.67 Å². The van der Waals surface area contributed by atoms with Crippen LogP contribution in [0.15, 0.2) is 88.6 Å². The van der Waals surface area contributed by atoms with Gasteiger partial charge in [0.2, 0.25) is 5.82 Å². The van der Waals surface area contributed by atoms with Crippen LogP contribution < -0.4 is 15.8 Å². The minimum absolute atomic E-state index is 0.0353. The highest BCUT2D eigenvalue weighted by atomic mass is 31.2. The average Bonchev–Trinajstić information content (AvgIpc) is 3.69. The highest BCUT2D eigenvalue weighted by Gasteiger charge is 2.48. The van der Waals surface area contributed by atoms with Crippen molar-refractivity contribution in [2.24, 2.45) is 0 Å². The summed E-state index contributed by atoms with van der Waals surface area (Å²) in [6.07, 6.45) is -2.00. The van der Waals surface area contributed by atoms with Gasteiger partial charge in [-0.3, -0.25) is 23.7 Å². The number of carbonyl (C=O) groups excluding carboxylic acids is 1. The van der Waals surface area contributed by atoms with Crippen molar-refractivity contribution in [3.8, 4) is 5.75 Å². The first kappa shape index (κ1) is 30.9. The van der Waals surface area contributed by atoms with Gasteiger partial charge < -0.3 is 19.1 Å².